The second-order valence-electron chi connectivity index (χ2n) is 14.6. The lowest BCUT2D eigenvalue weighted by atomic mass is 9.75. The molecule has 0 amide bonds. The van der Waals surface area contributed by atoms with Gasteiger partial charge >= 0.3 is 0 Å². The topological polar surface area (TPSA) is 38.7 Å². The van der Waals surface area contributed by atoms with Crippen molar-refractivity contribution in [2.24, 2.45) is 0 Å². The second kappa shape index (κ2) is 10.9. The third-order valence-electron chi connectivity index (χ3n) is 7.94. The lowest BCUT2D eigenvalue weighted by Crippen LogP contribution is -2.29. The molecule has 0 N–H and O–H groups in total. The first-order valence-electron chi connectivity index (χ1n) is 14.6. The Hall–Kier alpha value is -3.33. The molecule has 0 fully saturated rings. The van der Waals surface area contributed by atoms with Crippen LogP contribution < -0.4 is 0 Å². The van der Waals surface area contributed by atoms with Crippen molar-refractivity contribution < 1.29 is 0 Å². The largest absolute Gasteiger partial charge is 0.257 e. The van der Waals surface area contributed by atoms with Crippen LogP contribution in [0.15, 0.2) is 78.9 Å². The zero-order valence-corrected chi connectivity index (χ0v) is 26.3. The Labute approximate surface area is 242 Å². The van der Waals surface area contributed by atoms with Gasteiger partial charge in [0.15, 0.2) is 0 Å². The predicted octanol–water partition coefficient (Wildman–Crippen LogP) is 9.84. The first kappa shape index (κ1) is 29.6. The second-order valence-corrected chi connectivity index (χ2v) is 14.6. The highest BCUT2D eigenvalue weighted by atomic mass is 14.9. The first-order valence-corrected chi connectivity index (χ1v) is 14.6. The summed E-state index contributed by atoms with van der Waals surface area (Å²) in [5.41, 5.74) is 7.51. The number of benzene rings is 2. The standard InChI is InChI=1S/C37H47N3/c1-34(2,3)30-23-28(26-17-13-11-14-18-26)24-32(39-30)36(7,8)21-22-37(9,10)33-38-29(27-19-15-12-16-20-27)25-31(40-33)35(4,5)6/h11-20,23-25H,21-22H2,1-10H3. The van der Waals surface area contributed by atoms with Crippen molar-refractivity contribution in [2.75, 3.05) is 0 Å². The Morgan fingerprint density at radius 3 is 1.48 bits per heavy atom. The Balaban J connectivity index is 1.69. The molecule has 3 nitrogen and oxygen atoms in total. The highest BCUT2D eigenvalue weighted by Crippen LogP contribution is 2.38. The highest BCUT2D eigenvalue weighted by molar-refractivity contribution is 5.65. The van der Waals surface area contributed by atoms with E-state index in [0.717, 1.165) is 47.0 Å². The number of pyridine rings is 1. The average Bonchev–Trinajstić information content (AvgIpc) is 2.91. The van der Waals surface area contributed by atoms with E-state index in [1.807, 2.05) is 6.07 Å². The van der Waals surface area contributed by atoms with Gasteiger partial charge in [0.1, 0.15) is 5.82 Å². The van der Waals surface area contributed by atoms with Crippen LogP contribution in [0.4, 0.5) is 0 Å². The van der Waals surface area contributed by atoms with Crippen molar-refractivity contribution >= 4 is 0 Å². The van der Waals surface area contributed by atoms with Crippen molar-refractivity contribution in [2.45, 2.75) is 104 Å². The smallest absolute Gasteiger partial charge is 0.134 e. The van der Waals surface area contributed by atoms with Crippen LogP contribution >= 0.6 is 0 Å². The van der Waals surface area contributed by atoms with Gasteiger partial charge in [-0.05, 0) is 42.2 Å². The molecule has 0 atom stereocenters. The van der Waals surface area contributed by atoms with Crippen LogP contribution in [0, 0.1) is 0 Å². The van der Waals surface area contributed by atoms with Gasteiger partial charge in [0.05, 0.1) is 11.4 Å². The molecule has 4 rings (SSSR count). The summed E-state index contributed by atoms with van der Waals surface area (Å²) in [4.78, 5) is 15.5. The van der Waals surface area contributed by atoms with Crippen LogP contribution in [0.2, 0.25) is 0 Å². The molecule has 0 radical (unpaired) electrons. The van der Waals surface area contributed by atoms with Gasteiger partial charge in [-0.15, -0.1) is 0 Å². The Morgan fingerprint density at radius 1 is 0.450 bits per heavy atom. The van der Waals surface area contributed by atoms with Crippen molar-refractivity contribution in [3.05, 3.63) is 102 Å². The number of rotatable bonds is 7. The molecular formula is C37H47N3. The molecule has 0 spiro atoms. The van der Waals surface area contributed by atoms with E-state index in [-0.39, 0.29) is 21.7 Å². The predicted molar refractivity (Wildman–Crippen MR) is 170 cm³/mol. The van der Waals surface area contributed by atoms with Gasteiger partial charge in [-0.1, -0.05) is 130 Å². The average molecular weight is 534 g/mol. The summed E-state index contributed by atoms with van der Waals surface area (Å²) >= 11 is 0. The zero-order valence-electron chi connectivity index (χ0n) is 26.3. The van der Waals surface area contributed by atoms with Crippen LogP contribution in [-0.4, -0.2) is 15.0 Å². The molecule has 0 saturated carbocycles. The molecule has 0 aliphatic carbocycles. The van der Waals surface area contributed by atoms with E-state index in [2.05, 4.69) is 142 Å². The number of aromatic nitrogens is 3. The van der Waals surface area contributed by atoms with Gasteiger partial charge in [-0.2, -0.15) is 0 Å². The fourth-order valence-electron chi connectivity index (χ4n) is 4.81. The van der Waals surface area contributed by atoms with Gasteiger partial charge in [0.2, 0.25) is 0 Å². The molecule has 2 aromatic carbocycles. The first-order chi connectivity index (χ1) is 18.6. The maximum absolute atomic E-state index is 5.24. The van der Waals surface area contributed by atoms with E-state index in [1.54, 1.807) is 0 Å². The molecule has 0 aliphatic heterocycles. The van der Waals surface area contributed by atoms with Crippen molar-refractivity contribution in [3.8, 4) is 22.4 Å². The normalized spacial score (nSPS) is 12.9. The Kier molecular flexibility index (Phi) is 8.09. The summed E-state index contributed by atoms with van der Waals surface area (Å²) in [6.07, 6.45) is 1.92. The van der Waals surface area contributed by atoms with E-state index in [0.29, 0.717) is 0 Å². The third-order valence-corrected chi connectivity index (χ3v) is 7.94. The van der Waals surface area contributed by atoms with Gasteiger partial charge < -0.3 is 0 Å². The molecule has 2 aromatic heterocycles. The molecule has 0 bridgehead atoms. The van der Waals surface area contributed by atoms with Crippen LogP contribution in [0.3, 0.4) is 0 Å². The van der Waals surface area contributed by atoms with Crippen molar-refractivity contribution in [1.82, 2.24) is 15.0 Å². The van der Waals surface area contributed by atoms with Crippen LogP contribution in [0.5, 0.6) is 0 Å². The molecule has 3 heteroatoms. The van der Waals surface area contributed by atoms with Crippen LogP contribution in [0.1, 0.15) is 105 Å². The van der Waals surface area contributed by atoms with Crippen molar-refractivity contribution in [1.29, 1.82) is 0 Å². The summed E-state index contributed by atoms with van der Waals surface area (Å²) in [7, 11) is 0. The van der Waals surface area contributed by atoms with E-state index in [1.165, 1.54) is 11.1 Å². The Bertz CT molecular complexity index is 1320. The molecule has 0 saturated heterocycles. The highest BCUT2D eigenvalue weighted by Gasteiger charge is 2.32. The minimum absolute atomic E-state index is 0.0377. The Morgan fingerprint density at radius 2 is 0.925 bits per heavy atom. The molecular weight excluding hydrogens is 486 g/mol. The maximum atomic E-state index is 5.24. The minimum Gasteiger partial charge on any atom is -0.257 e. The van der Waals surface area contributed by atoms with Crippen LogP contribution in [-0.2, 0) is 21.7 Å². The summed E-state index contributed by atoms with van der Waals surface area (Å²) < 4.78 is 0. The number of hydrogen-bond donors (Lipinski definition) is 0. The van der Waals surface area contributed by atoms with E-state index in [4.69, 9.17) is 15.0 Å². The third kappa shape index (κ3) is 6.86. The fraction of sp³-hybridized carbons (Fsp3) is 0.432. The van der Waals surface area contributed by atoms with E-state index >= 15 is 0 Å². The fourth-order valence-corrected chi connectivity index (χ4v) is 4.81. The number of nitrogens with zero attached hydrogens (tertiary/aromatic N) is 3. The maximum Gasteiger partial charge on any atom is 0.134 e. The van der Waals surface area contributed by atoms with Gasteiger partial charge in [0, 0.05) is 38.6 Å². The SMILES string of the molecule is CC(C)(C)c1cc(-c2ccccc2)cc(C(C)(C)CCC(C)(C)c2nc(-c3ccccc3)cc(C(C)(C)C)n2)n1. The van der Waals surface area contributed by atoms with Gasteiger partial charge in [-0.3, -0.25) is 4.98 Å². The molecule has 2 heterocycles. The molecule has 210 valence electrons. The summed E-state index contributed by atoms with van der Waals surface area (Å²) in [5.74, 6) is 0.913. The monoisotopic (exact) mass is 533 g/mol. The molecule has 0 unspecified atom stereocenters. The number of hydrogen-bond acceptors (Lipinski definition) is 3. The summed E-state index contributed by atoms with van der Waals surface area (Å²) in [6.45, 7) is 22.6. The van der Waals surface area contributed by atoms with Gasteiger partial charge in [-0.25, -0.2) is 9.97 Å². The van der Waals surface area contributed by atoms with E-state index in [9.17, 15) is 0 Å². The van der Waals surface area contributed by atoms with Gasteiger partial charge in [0.25, 0.3) is 0 Å². The van der Waals surface area contributed by atoms with Crippen molar-refractivity contribution in [3.63, 3.8) is 0 Å². The summed E-state index contributed by atoms with van der Waals surface area (Å²) in [6, 6.07) is 27.8. The molecule has 4 aromatic rings. The quantitative estimate of drug-likeness (QED) is 0.237. The molecule has 0 aliphatic rings. The lowest BCUT2D eigenvalue weighted by Gasteiger charge is -2.32. The summed E-state index contributed by atoms with van der Waals surface area (Å²) in [5, 5.41) is 0. The minimum atomic E-state index is -0.202. The lowest BCUT2D eigenvalue weighted by molar-refractivity contribution is 0.354. The van der Waals surface area contributed by atoms with Crippen LogP contribution in [0.25, 0.3) is 22.4 Å². The molecule has 40 heavy (non-hydrogen) atoms. The zero-order chi connectivity index (χ0) is 29.3. The van der Waals surface area contributed by atoms with E-state index < -0.39 is 0 Å².